The molecule has 0 saturated heterocycles. The zero-order valence-corrected chi connectivity index (χ0v) is 8.68. The second-order valence-electron chi connectivity index (χ2n) is 3.44. The minimum absolute atomic E-state index is 0.0859. The average Bonchev–Trinajstić information content (AvgIpc) is 2.10. The van der Waals surface area contributed by atoms with Gasteiger partial charge in [0, 0.05) is 0 Å². The van der Waals surface area contributed by atoms with E-state index in [1.807, 2.05) is 0 Å². The number of unbranched alkanes of at least 4 members (excludes halogenated alkanes) is 1. The van der Waals surface area contributed by atoms with Crippen LogP contribution >= 0.6 is 0 Å². The summed E-state index contributed by atoms with van der Waals surface area (Å²) in [6.45, 7) is 5.26. The predicted octanol–water partition coefficient (Wildman–Crippen LogP) is 1.88. The van der Waals surface area contributed by atoms with E-state index in [1.165, 1.54) is 19.3 Å². The Morgan fingerprint density at radius 3 is 2.62 bits per heavy atom. The summed E-state index contributed by atoms with van der Waals surface area (Å²) in [6, 6.07) is 0. The summed E-state index contributed by atoms with van der Waals surface area (Å²) in [7, 11) is 0. The minimum Gasteiger partial charge on any atom is -0.480 e. The Kier molecular flexibility index (Phi) is 7.69. The van der Waals surface area contributed by atoms with Gasteiger partial charge in [-0.05, 0) is 18.9 Å². The van der Waals surface area contributed by atoms with Crippen molar-refractivity contribution >= 4 is 5.97 Å². The molecule has 0 spiro atoms. The fourth-order valence-electron chi connectivity index (χ4n) is 1.33. The summed E-state index contributed by atoms with van der Waals surface area (Å²) in [5.41, 5.74) is 0. The summed E-state index contributed by atoms with van der Waals surface area (Å²) in [5.74, 6) is -0.135. The Balaban J connectivity index is 3.41. The van der Waals surface area contributed by atoms with E-state index >= 15 is 0 Å². The third kappa shape index (κ3) is 7.78. The Morgan fingerprint density at radius 1 is 1.46 bits per heavy atom. The molecule has 13 heavy (non-hydrogen) atoms. The molecule has 1 atom stereocenters. The van der Waals surface area contributed by atoms with Crippen LogP contribution in [0.15, 0.2) is 0 Å². The number of carbonyl (C=O) groups is 1. The van der Waals surface area contributed by atoms with Crippen LogP contribution in [-0.2, 0) is 4.79 Å². The van der Waals surface area contributed by atoms with Gasteiger partial charge in [-0.3, -0.25) is 4.79 Å². The smallest absolute Gasteiger partial charge is 0.317 e. The molecular formula is C10H21NO2. The number of aliphatic carboxylic acids is 1. The first-order chi connectivity index (χ1) is 6.20. The summed E-state index contributed by atoms with van der Waals surface area (Å²) >= 11 is 0. The van der Waals surface area contributed by atoms with Crippen LogP contribution in [0.5, 0.6) is 0 Å². The summed E-state index contributed by atoms with van der Waals surface area (Å²) in [5, 5.41) is 11.4. The maximum Gasteiger partial charge on any atom is 0.317 e. The lowest BCUT2D eigenvalue weighted by atomic mass is 9.99. The van der Waals surface area contributed by atoms with E-state index in [0.717, 1.165) is 13.0 Å². The molecular weight excluding hydrogens is 166 g/mol. The van der Waals surface area contributed by atoms with E-state index in [2.05, 4.69) is 19.2 Å². The largest absolute Gasteiger partial charge is 0.480 e. The number of carboxylic acids is 1. The van der Waals surface area contributed by atoms with Gasteiger partial charge in [-0.2, -0.15) is 0 Å². The average molecular weight is 187 g/mol. The molecule has 0 radical (unpaired) electrons. The quantitative estimate of drug-likeness (QED) is 0.610. The second kappa shape index (κ2) is 8.05. The monoisotopic (exact) mass is 187 g/mol. The van der Waals surface area contributed by atoms with E-state index < -0.39 is 5.97 Å². The fraction of sp³-hybridized carbons (Fsp3) is 0.900. The van der Waals surface area contributed by atoms with Gasteiger partial charge in [-0.15, -0.1) is 0 Å². The van der Waals surface area contributed by atoms with Gasteiger partial charge in [-0.25, -0.2) is 0 Å². The van der Waals surface area contributed by atoms with Crippen molar-refractivity contribution in [2.75, 3.05) is 13.1 Å². The van der Waals surface area contributed by atoms with E-state index in [4.69, 9.17) is 5.11 Å². The van der Waals surface area contributed by atoms with Crippen molar-refractivity contribution in [2.24, 2.45) is 5.92 Å². The number of rotatable bonds is 8. The topological polar surface area (TPSA) is 49.3 Å². The van der Waals surface area contributed by atoms with Gasteiger partial charge in [0.25, 0.3) is 0 Å². The van der Waals surface area contributed by atoms with Crippen LogP contribution in [0.2, 0.25) is 0 Å². The molecule has 0 aromatic heterocycles. The Morgan fingerprint density at radius 2 is 2.15 bits per heavy atom. The first-order valence-corrected chi connectivity index (χ1v) is 5.13. The van der Waals surface area contributed by atoms with Crippen molar-refractivity contribution in [1.82, 2.24) is 5.32 Å². The SMILES string of the molecule is CCCCC(CC)CNCC(=O)O. The Labute approximate surface area is 80.5 Å². The normalized spacial score (nSPS) is 12.8. The van der Waals surface area contributed by atoms with E-state index in [0.29, 0.717) is 5.92 Å². The van der Waals surface area contributed by atoms with Gasteiger partial charge in [-0.1, -0.05) is 33.1 Å². The Bertz CT molecular complexity index is 137. The predicted molar refractivity (Wildman–Crippen MR) is 53.8 cm³/mol. The molecule has 0 aromatic carbocycles. The second-order valence-corrected chi connectivity index (χ2v) is 3.44. The highest BCUT2D eigenvalue weighted by molar-refractivity contribution is 5.68. The van der Waals surface area contributed by atoms with Crippen LogP contribution < -0.4 is 5.32 Å². The fourth-order valence-corrected chi connectivity index (χ4v) is 1.33. The molecule has 0 aromatic rings. The van der Waals surface area contributed by atoms with E-state index in [9.17, 15) is 4.79 Å². The first-order valence-electron chi connectivity index (χ1n) is 5.13. The molecule has 0 amide bonds. The van der Waals surface area contributed by atoms with Gasteiger partial charge >= 0.3 is 5.97 Å². The summed E-state index contributed by atoms with van der Waals surface area (Å²) < 4.78 is 0. The van der Waals surface area contributed by atoms with Gasteiger partial charge in [0.1, 0.15) is 0 Å². The van der Waals surface area contributed by atoms with Gasteiger partial charge in [0.05, 0.1) is 6.54 Å². The molecule has 2 N–H and O–H groups in total. The molecule has 3 nitrogen and oxygen atoms in total. The van der Waals surface area contributed by atoms with Gasteiger partial charge in [0.2, 0.25) is 0 Å². The summed E-state index contributed by atoms with van der Waals surface area (Å²) in [4.78, 5) is 10.2. The van der Waals surface area contributed by atoms with Crippen molar-refractivity contribution in [3.05, 3.63) is 0 Å². The molecule has 0 heterocycles. The third-order valence-electron chi connectivity index (χ3n) is 2.25. The van der Waals surface area contributed by atoms with Crippen LogP contribution in [0, 0.1) is 5.92 Å². The molecule has 1 unspecified atom stereocenters. The zero-order valence-electron chi connectivity index (χ0n) is 8.68. The number of hydrogen-bond acceptors (Lipinski definition) is 2. The van der Waals surface area contributed by atoms with Crippen molar-refractivity contribution in [1.29, 1.82) is 0 Å². The molecule has 0 aliphatic carbocycles. The van der Waals surface area contributed by atoms with E-state index in [-0.39, 0.29) is 6.54 Å². The highest BCUT2D eigenvalue weighted by atomic mass is 16.4. The number of hydrogen-bond donors (Lipinski definition) is 2. The standard InChI is InChI=1S/C10H21NO2/c1-3-5-6-9(4-2)7-11-8-10(12)13/h9,11H,3-8H2,1-2H3,(H,12,13). The molecule has 0 aliphatic heterocycles. The van der Waals surface area contributed by atoms with Crippen LogP contribution in [0.3, 0.4) is 0 Å². The first kappa shape index (κ1) is 12.4. The molecule has 0 rings (SSSR count). The molecule has 0 saturated carbocycles. The molecule has 0 bridgehead atoms. The lowest BCUT2D eigenvalue weighted by Gasteiger charge is -2.13. The van der Waals surface area contributed by atoms with Crippen LogP contribution in [0.4, 0.5) is 0 Å². The van der Waals surface area contributed by atoms with Crippen molar-refractivity contribution in [2.45, 2.75) is 39.5 Å². The number of carboxylic acid groups (broad SMARTS) is 1. The molecule has 78 valence electrons. The van der Waals surface area contributed by atoms with Crippen molar-refractivity contribution in [3.63, 3.8) is 0 Å². The van der Waals surface area contributed by atoms with Crippen LogP contribution in [0.25, 0.3) is 0 Å². The maximum atomic E-state index is 10.2. The summed E-state index contributed by atoms with van der Waals surface area (Å²) in [6.07, 6.45) is 4.80. The molecule has 3 heteroatoms. The highest BCUT2D eigenvalue weighted by Crippen LogP contribution is 2.10. The van der Waals surface area contributed by atoms with Crippen LogP contribution in [-0.4, -0.2) is 24.2 Å². The molecule has 0 aliphatic rings. The lowest BCUT2D eigenvalue weighted by molar-refractivity contribution is -0.136. The number of nitrogens with one attached hydrogen (secondary N) is 1. The van der Waals surface area contributed by atoms with Crippen LogP contribution in [0.1, 0.15) is 39.5 Å². The highest BCUT2D eigenvalue weighted by Gasteiger charge is 2.05. The lowest BCUT2D eigenvalue weighted by Crippen LogP contribution is -2.28. The third-order valence-corrected chi connectivity index (χ3v) is 2.25. The van der Waals surface area contributed by atoms with Gasteiger partial charge < -0.3 is 10.4 Å². The van der Waals surface area contributed by atoms with E-state index in [1.54, 1.807) is 0 Å². The van der Waals surface area contributed by atoms with Crippen molar-refractivity contribution < 1.29 is 9.90 Å². The Hall–Kier alpha value is -0.570. The van der Waals surface area contributed by atoms with Gasteiger partial charge in [0.15, 0.2) is 0 Å². The van der Waals surface area contributed by atoms with Crippen molar-refractivity contribution in [3.8, 4) is 0 Å². The zero-order chi connectivity index (χ0) is 10.1. The maximum absolute atomic E-state index is 10.2. The molecule has 0 fully saturated rings. The minimum atomic E-state index is -0.773.